The Morgan fingerprint density at radius 2 is 2.18 bits per heavy atom. The maximum Gasteiger partial charge on any atom is 0.147 e. The van der Waals surface area contributed by atoms with Crippen molar-refractivity contribution in [2.45, 2.75) is 51.3 Å². The minimum atomic E-state index is 0.188. The van der Waals surface area contributed by atoms with Gasteiger partial charge in [-0.2, -0.15) is 0 Å². The van der Waals surface area contributed by atoms with Crippen molar-refractivity contribution < 1.29 is 4.74 Å². The van der Waals surface area contributed by atoms with Gasteiger partial charge in [-0.05, 0) is 49.9 Å². The Kier molecular flexibility index (Phi) is 4.40. The maximum atomic E-state index is 6.51. The summed E-state index contributed by atoms with van der Waals surface area (Å²) in [5, 5.41) is 4.81. The minimum absolute atomic E-state index is 0.188. The van der Waals surface area contributed by atoms with Crippen molar-refractivity contribution in [2.24, 2.45) is 0 Å². The van der Waals surface area contributed by atoms with E-state index in [0.29, 0.717) is 16.9 Å². The van der Waals surface area contributed by atoms with E-state index in [9.17, 15) is 0 Å². The van der Waals surface area contributed by atoms with E-state index in [-0.39, 0.29) is 6.10 Å². The molecule has 1 aliphatic carbocycles. The molecule has 0 radical (unpaired) electrons. The van der Waals surface area contributed by atoms with E-state index >= 15 is 0 Å². The third kappa shape index (κ3) is 3.01. The summed E-state index contributed by atoms with van der Waals surface area (Å²) in [4.78, 5) is 8.49. The number of hydrogen-bond acceptors (Lipinski definition) is 5. The molecule has 28 heavy (non-hydrogen) atoms. The first-order valence-corrected chi connectivity index (χ1v) is 10.2. The van der Waals surface area contributed by atoms with Crippen molar-refractivity contribution in [3.63, 3.8) is 0 Å². The molecule has 1 fully saturated rings. The van der Waals surface area contributed by atoms with Gasteiger partial charge in [-0.15, -0.1) is 0 Å². The number of halogens is 1. The summed E-state index contributed by atoms with van der Waals surface area (Å²) < 4.78 is 8.65. The monoisotopic (exact) mass is 397 g/mol. The lowest BCUT2D eigenvalue weighted by Gasteiger charge is -2.24. The summed E-state index contributed by atoms with van der Waals surface area (Å²) in [6, 6.07) is 4.76. The normalized spacial score (nSPS) is 21.8. The molecule has 2 aliphatic rings. The SMILES string of the molecule is Cc1cc2c(c(O[C@@H]3CCC(n4cc(Cl)c5c(N)ncnc54)C3)c1)CNCC2. The highest BCUT2D eigenvalue weighted by atomic mass is 35.5. The zero-order chi connectivity index (χ0) is 19.3. The summed E-state index contributed by atoms with van der Waals surface area (Å²) in [7, 11) is 0. The van der Waals surface area contributed by atoms with E-state index in [1.54, 1.807) is 0 Å². The molecule has 6 nitrogen and oxygen atoms in total. The molecule has 3 aromatic rings. The van der Waals surface area contributed by atoms with Crippen LogP contribution in [0.1, 0.15) is 42.0 Å². The standard InChI is InChI=1S/C21H24ClN5O/c1-12-6-13-4-5-24-9-16(13)18(7-12)28-15-3-2-14(8-15)27-10-17(22)19-20(23)25-11-26-21(19)27/h6-7,10-11,14-15,24H,2-5,8-9H2,1H3,(H2,23,25,26)/t14?,15-/m1/s1. The van der Waals surface area contributed by atoms with Crippen LogP contribution in [0.2, 0.25) is 5.02 Å². The summed E-state index contributed by atoms with van der Waals surface area (Å²) in [5.74, 6) is 1.47. The van der Waals surface area contributed by atoms with Crippen LogP contribution in [0.3, 0.4) is 0 Å². The quantitative estimate of drug-likeness (QED) is 0.703. The Morgan fingerprint density at radius 3 is 3.07 bits per heavy atom. The average Bonchev–Trinajstić information content (AvgIpc) is 3.27. The van der Waals surface area contributed by atoms with Gasteiger partial charge in [0.1, 0.15) is 29.6 Å². The maximum absolute atomic E-state index is 6.51. The van der Waals surface area contributed by atoms with Crippen LogP contribution in [-0.4, -0.2) is 27.2 Å². The lowest BCUT2D eigenvalue weighted by atomic mass is 9.97. The lowest BCUT2D eigenvalue weighted by molar-refractivity contribution is 0.201. The Labute approximate surface area is 169 Å². The number of benzene rings is 1. The Balaban J connectivity index is 1.39. The number of ether oxygens (including phenoxy) is 1. The molecule has 1 saturated carbocycles. The van der Waals surface area contributed by atoms with E-state index in [4.69, 9.17) is 22.1 Å². The van der Waals surface area contributed by atoms with Crippen LogP contribution in [0.4, 0.5) is 5.82 Å². The fraction of sp³-hybridized carbons (Fsp3) is 0.429. The van der Waals surface area contributed by atoms with E-state index in [1.165, 1.54) is 23.0 Å². The number of hydrogen-bond donors (Lipinski definition) is 2. The lowest BCUT2D eigenvalue weighted by Crippen LogP contribution is -2.25. The van der Waals surface area contributed by atoms with Gasteiger partial charge >= 0.3 is 0 Å². The van der Waals surface area contributed by atoms with Gasteiger partial charge in [-0.1, -0.05) is 17.7 Å². The Morgan fingerprint density at radius 1 is 1.29 bits per heavy atom. The van der Waals surface area contributed by atoms with Gasteiger partial charge in [0, 0.05) is 30.8 Å². The predicted molar refractivity (Wildman–Crippen MR) is 111 cm³/mol. The number of fused-ring (bicyclic) bond motifs is 2. The Hall–Kier alpha value is -2.31. The molecule has 0 amide bonds. The van der Waals surface area contributed by atoms with Crippen molar-refractivity contribution in [3.05, 3.63) is 46.4 Å². The highest BCUT2D eigenvalue weighted by Gasteiger charge is 2.30. The van der Waals surface area contributed by atoms with Crippen LogP contribution in [0.15, 0.2) is 24.7 Å². The molecule has 1 aromatic carbocycles. The van der Waals surface area contributed by atoms with Gasteiger partial charge in [0.2, 0.25) is 0 Å². The van der Waals surface area contributed by atoms with Gasteiger partial charge in [0.25, 0.3) is 0 Å². The fourth-order valence-electron chi connectivity index (χ4n) is 4.62. The van der Waals surface area contributed by atoms with Crippen LogP contribution in [0, 0.1) is 6.92 Å². The first-order valence-electron chi connectivity index (χ1n) is 9.86. The van der Waals surface area contributed by atoms with Crippen molar-refractivity contribution in [1.29, 1.82) is 0 Å². The number of anilines is 1. The number of aryl methyl sites for hydroxylation is 1. The van der Waals surface area contributed by atoms with Gasteiger partial charge in [0.15, 0.2) is 0 Å². The Bertz CT molecular complexity index is 1050. The molecule has 1 unspecified atom stereocenters. The highest BCUT2D eigenvalue weighted by molar-refractivity contribution is 6.36. The van der Waals surface area contributed by atoms with Crippen molar-refractivity contribution in [2.75, 3.05) is 12.3 Å². The molecule has 0 saturated heterocycles. The zero-order valence-corrected chi connectivity index (χ0v) is 16.7. The molecule has 2 atom stereocenters. The molecule has 1 aliphatic heterocycles. The summed E-state index contributed by atoms with van der Waals surface area (Å²) in [6.45, 7) is 4.06. The minimum Gasteiger partial charge on any atom is -0.490 e. The van der Waals surface area contributed by atoms with Crippen LogP contribution in [0.5, 0.6) is 5.75 Å². The smallest absolute Gasteiger partial charge is 0.147 e. The third-order valence-electron chi connectivity index (χ3n) is 5.95. The summed E-state index contributed by atoms with van der Waals surface area (Å²) in [5.41, 5.74) is 10.8. The topological polar surface area (TPSA) is 78.0 Å². The van der Waals surface area contributed by atoms with Crippen molar-refractivity contribution >= 4 is 28.5 Å². The van der Waals surface area contributed by atoms with Gasteiger partial charge in [-0.25, -0.2) is 9.97 Å². The number of rotatable bonds is 3. The van der Waals surface area contributed by atoms with Gasteiger partial charge in [-0.3, -0.25) is 0 Å². The largest absolute Gasteiger partial charge is 0.490 e. The van der Waals surface area contributed by atoms with E-state index in [1.807, 2.05) is 6.20 Å². The number of aromatic nitrogens is 3. The molecule has 3 heterocycles. The summed E-state index contributed by atoms with van der Waals surface area (Å²) in [6.07, 6.45) is 7.66. The van der Waals surface area contributed by atoms with Gasteiger partial charge < -0.3 is 20.4 Å². The number of nitrogen functional groups attached to an aromatic ring is 1. The van der Waals surface area contributed by atoms with E-state index in [0.717, 1.165) is 55.6 Å². The molecular weight excluding hydrogens is 374 g/mol. The van der Waals surface area contributed by atoms with E-state index < -0.39 is 0 Å². The van der Waals surface area contributed by atoms with Crippen molar-refractivity contribution in [3.8, 4) is 5.75 Å². The fourth-order valence-corrected chi connectivity index (χ4v) is 4.90. The molecular formula is C21H24ClN5O. The molecule has 0 bridgehead atoms. The summed E-state index contributed by atoms with van der Waals surface area (Å²) >= 11 is 6.41. The highest BCUT2D eigenvalue weighted by Crippen LogP contribution is 2.39. The second-order valence-corrected chi connectivity index (χ2v) is 8.28. The second-order valence-electron chi connectivity index (χ2n) is 7.88. The average molecular weight is 398 g/mol. The number of nitrogens with zero attached hydrogens (tertiary/aromatic N) is 3. The molecule has 2 aromatic heterocycles. The zero-order valence-electron chi connectivity index (χ0n) is 15.9. The first-order chi connectivity index (χ1) is 13.6. The predicted octanol–water partition coefficient (Wildman–Crippen LogP) is 3.79. The number of nitrogens with one attached hydrogen (secondary N) is 1. The second kappa shape index (κ2) is 6.94. The molecule has 0 spiro atoms. The van der Waals surface area contributed by atoms with Crippen LogP contribution < -0.4 is 15.8 Å². The number of nitrogens with two attached hydrogens (primary N) is 1. The molecule has 5 rings (SSSR count). The van der Waals surface area contributed by atoms with Gasteiger partial charge in [0.05, 0.1) is 10.4 Å². The first kappa shape index (κ1) is 17.8. The molecule has 7 heteroatoms. The van der Waals surface area contributed by atoms with Crippen LogP contribution in [-0.2, 0) is 13.0 Å². The van der Waals surface area contributed by atoms with Crippen molar-refractivity contribution in [1.82, 2.24) is 19.9 Å². The molecule has 146 valence electrons. The van der Waals surface area contributed by atoms with Crippen LogP contribution >= 0.6 is 11.6 Å². The van der Waals surface area contributed by atoms with E-state index in [2.05, 4.69) is 38.9 Å². The third-order valence-corrected chi connectivity index (χ3v) is 6.24. The van der Waals surface area contributed by atoms with Crippen LogP contribution in [0.25, 0.3) is 11.0 Å². The molecule has 3 N–H and O–H groups in total.